The average molecular weight is 194 g/mol. The summed E-state index contributed by atoms with van der Waals surface area (Å²) in [6, 6.07) is 0. The Hall–Kier alpha value is -0.790. The van der Waals surface area contributed by atoms with Crippen molar-refractivity contribution in [2.75, 3.05) is 0 Å². The molecule has 0 aromatic heterocycles. The largest absolute Gasteiger partial charge is 0.494 e. The van der Waals surface area contributed by atoms with Gasteiger partial charge in [-0.15, -0.1) is 0 Å². The first kappa shape index (κ1) is 9.75. The molecule has 0 radical (unpaired) electrons. The molecule has 1 aliphatic carbocycles. The van der Waals surface area contributed by atoms with Gasteiger partial charge in [0.25, 0.3) is 0 Å². The van der Waals surface area contributed by atoms with Crippen molar-refractivity contribution in [1.29, 1.82) is 0 Å². The van der Waals surface area contributed by atoms with E-state index < -0.39 is 0 Å². The van der Waals surface area contributed by atoms with Gasteiger partial charge in [-0.1, -0.05) is 13.8 Å². The van der Waals surface area contributed by atoms with Crippen LogP contribution in [0.15, 0.2) is 12.3 Å². The summed E-state index contributed by atoms with van der Waals surface area (Å²) in [6.07, 6.45) is 6.98. The third kappa shape index (κ3) is 1.70. The molecule has 1 fully saturated rings. The molecule has 2 aliphatic rings. The lowest BCUT2D eigenvalue weighted by Gasteiger charge is -2.42. The average Bonchev–Trinajstić information content (AvgIpc) is 2.12. The maximum absolute atomic E-state index is 11.4. The molecule has 2 nitrogen and oxygen atoms in total. The molecule has 3 atom stereocenters. The summed E-state index contributed by atoms with van der Waals surface area (Å²) in [4.78, 5) is 11.4. The molecular weight excluding hydrogens is 176 g/mol. The zero-order valence-corrected chi connectivity index (χ0v) is 8.95. The number of allylic oxidation sites excluding steroid dienone is 1. The maximum atomic E-state index is 11.4. The molecule has 1 spiro atoms. The van der Waals surface area contributed by atoms with Gasteiger partial charge in [-0.05, 0) is 31.1 Å². The SMILES string of the molecule is CC1CCC2(CC(=O)C=CO2)CC1C. The van der Waals surface area contributed by atoms with Crippen LogP contribution in [-0.4, -0.2) is 11.4 Å². The molecule has 1 aliphatic heterocycles. The molecule has 14 heavy (non-hydrogen) atoms. The fourth-order valence-corrected chi connectivity index (χ4v) is 2.61. The molecule has 1 saturated carbocycles. The Morgan fingerprint density at radius 2 is 2.21 bits per heavy atom. The van der Waals surface area contributed by atoms with Gasteiger partial charge in [0, 0.05) is 6.08 Å². The van der Waals surface area contributed by atoms with Crippen LogP contribution in [0, 0.1) is 11.8 Å². The van der Waals surface area contributed by atoms with Crippen molar-refractivity contribution >= 4 is 5.78 Å². The van der Waals surface area contributed by atoms with Crippen molar-refractivity contribution < 1.29 is 9.53 Å². The van der Waals surface area contributed by atoms with Crippen LogP contribution in [0.3, 0.4) is 0 Å². The van der Waals surface area contributed by atoms with E-state index in [0.29, 0.717) is 12.3 Å². The fraction of sp³-hybridized carbons (Fsp3) is 0.750. The van der Waals surface area contributed by atoms with Crippen molar-refractivity contribution in [2.24, 2.45) is 11.8 Å². The minimum absolute atomic E-state index is 0.155. The molecule has 78 valence electrons. The number of ether oxygens (including phenoxy) is 1. The summed E-state index contributed by atoms with van der Waals surface area (Å²) < 4.78 is 5.69. The number of rotatable bonds is 0. The van der Waals surface area contributed by atoms with Crippen LogP contribution in [0.2, 0.25) is 0 Å². The standard InChI is InChI=1S/C12H18O2/c1-9-3-5-12(7-10(9)2)8-11(13)4-6-14-12/h4,6,9-10H,3,5,7-8H2,1-2H3. The minimum Gasteiger partial charge on any atom is -0.494 e. The molecule has 0 aromatic rings. The van der Waals surface area contributed by atoms with Gasteiger partial charge in [0.15, 0.2) is 5.78 Å². The van der Waals surface area contributed by atoms with Crippen LogP contribution in [0.5, 0.6) is 0 Å². The highest BCUT2D eigenvalue weighted by molar-refractivity contribution is 5.90. The van der Waals surface area contributed by atoms with Crippen molar-refractivity contribution in [2.45, 2.75) is 45.1 Å². The van der Waals surface area contributed by atoms with Gasteiger partial charge in [0.05, 0.1) is 12.7 Å². The maximum Gasteiger partial charge on any atom is 0.162 e. The lowest BCUT2D eigenvalue weighted by molar-refractivity contribution is -0.126. The van der Waals surface area contributed by atoms with Crippen LogP contribution >= 0.6 is 0 Å². The predicted octanol–water partition coefficient (Wildman–Crippen LogP) is 2.68. The van der Waals surface area contributed by atoms with Gasteiger partial charge in [-0.3, -0.25) is 4.79 Å². The summed E-state index contributed by atoms with van der Waals surface area (Å²) in [5, 5.41) is 0. The van der Waals surface area contributed by atoms with E-state index in [-0.39, 0.29) is 11.4 Å². The summed E-state index contributed by atoms with van der Waals surface area (Å²) in [5.41, 5.74) is -0.155. The summed E-state index contributed by atoms with van der Waals surface area (Å²) in [6.45, 7) is 4.55. The number of hydrogen-bond donors (Lipinski definition) is 0. The second-order valence-electron chi connectivity index (χ2n) is 4.94. The highest BCUT2D eigenvalue weighted by atomic mass is 16.5. The van der Waals surface area contributed by atoms with Gasteiger partial charge < -0.3 is 4.74 Å². The summed E-state index contributed by atoms with van der Waals surface area (Å²) in [5.74, 6) is 1.66. The van der Waals surface area contributed by atoms with Crippen molar-refractivity contribution in [1.82, 2.24) is 0 Å². The van der Waals surface area contributed by atoms with Crippen molar-refractivity contribution in [3.05, 3.63) is 12.3 Å². The van der Waals surface area contributed by atoms with Gasteiger partial charge in [0.1, 0.15) is 5.60 Å². The molecule has 0 bridgehead atoms. The number of ketones is 1. The quantitative estimate of drug-likeness (QED) is 0.592. The van der Waals surface area contributed by atoms with E-state index in [0.717, 1.165) is 18.8 Å². The van der Waals surface area contributed by atoms with Crippen LogP contribution in [0.4, 0.5) is 0 Å². The molecule has 0 N–H and O–H groups in total. The van der Waals surface area contributed by atoms with E-state index in [1.165, 1.54) is 6.42 Å². The van der Waals surface area contributed by atoms with Crippen LogP contribution < -0.4 is 0 Å². The Morgan fingerprint density at radius 3 is 2.86 bits per heavy atom. The smallest absolute Gasteiger partial charge is 0.162 e. The third-order valence-electron chi connectivity index (χ3n) is 3.79. The number of carbonyl (C=O) groups is 1. The normalized spacial score (nSPS) is 42.6. The lowest BCUT2D eigenvalue weighted by Crippen LogP contribution is -2.42. The van der Waals surface area contributed by atoms with E-state index in [1.807, 2.05) is 0 Å². The van der Waals surface area contributed by atoms with Gasteiger partial charge >= 0.3 is 0 Å². The first-order valence-electron chi connectivity index (χ1n) is 5.48. The molecule has 3 unspecified atom stereocenters. The van der Waals surface area contributed by atoms with Crippen LogP contribution in [0.1, 0.15) is 39.5 Å². The van der Waals surface area contributed by atoms with Crippen molar-refractivity contribution in [3.8, 4) is 0 Å². The fourth-order valence-electron chi connectivity index (χ4n) is 2.61. The Labute approximate surface area is 85.3 Å². The minimum atomic E-state index is -0.155. The topological polar surface area (TPSA) is 26.3 Å². The number of carbonyl (C=O) groups excluding carboxylic acids is 1. The summed E-state index contributed by atoms with van der Waals surface area (Å²) in [7, 11) is 0. The van der Waals surface area contributed by atoms with E-state index in [9.17, 15) is 4.79 Å². The molecule has 0 amide bonds. The van der Waals surface area contributed by atoms with E-state index in [2.05, 4.69) is 13.8 Å². The molecule has 2 heteroatoms. The Bertz CT molecular complexity index is 269. The van der Waals surface area contributed by atoms with E-state index >= 15 is 0 Å². The predicted molar refractivity (Wildman–Crippen MR) is 54.8 cm³/mol. The van der Waals surface area contributed by atoms with Crippen molar-refractivity contribution in [3.63, 3.8) is 0 Å². The molecule has 0 aromatic carbocycles. The third-order valence-corrected chi connectivity index (χ3v) is 3.79. The van der Waals surface area contributed by atoms with Gasteiger partial charge in [-0.25, -0.2) is 0 Å². The Morgan fingerprint density at radius 1 is 1.43 bits per heavy atom. The zero-order chi connectivity index (χ0) is 10.2. The molecule has 1 heterocycles. The van der Waals surface area contributed by atoms with Gasteiger partial charge in [0.2, 0.25) is 0 Å². The molecule has 0 saturated heterocycles. The lowest BCUT2D eigenvalue weighted by atomic mass is 9.71. The first-order chi connectivity index (χ1) is 6.61. The monoisotopic (exact) mass is 194 g/mol. The van der Waals surface area contributed by atoms with Crippen LogP contribution in [0.25, 0.3) is 0 Å². The Balaban J connectivity index is 2.10. The Kier molecular flexibility index (Phi) is 2.38. The molecular formula is C12H18O2. The van der Waals surface area contributed by atoms with Gasteiger partial charge in [-0.2, -0.15) is 0 Å². The van der Waals surface area contributed by atoms with Crippen LogP contribution in [-0.2, 0) is 9.53 Å². The second kappa shape index (κ2) is 3.41. The number of hydrogen-bond acceptors (Lipinski definition) is 2. The van der Waals surface area contributed by atoms with E-state index in [1.54, 1.807) is 12.3 Å². The van der Waals surface area contributed by atoms with E-state index in [4.69, 9.17) is 4.74 Å². The highest BCUT2D eigenvalue weighted by Crippen LogP contribution is 2.42. The zero-order valence-electron chi connectivity index (χ0n) is 8.95. The molecule has 2 rings (SSSR count). The highest BCUT2D eigenvalue weighted by Gasteiger charge is 2.41. The summed E-state index contributed by atoms with van der Waals surface area (Å²) >= 11 is 0. The first-order valence-corrected chi connectivity index (χ1v) is 5.48. The second-order valence-corrected chi connectivity index (χ2v) is 4.94.